The van der Waals surface area contributed by atoms with E-state index in [0.717, 1.165) is 11.1 Å². The van der Waals surface area contributed by atoms with E-state index in [1.54, 1.807) is 24.3 Å². The van der Waals surface area contributed by atoms with Crippen LogP contribution in [0.1, 0.15) is 11.1 Å². The maximum atomic E-state index is 11.7. The number of amides is 1. The molecule has 0 spiro atoms. The van der Waals surface area contributed by atoms with Crippen LogP contribution >= 0.6 is 22.9 Å². The van der Waals surface area contributed by atoms with E-state index in [4.69, 9.17) is 16.3 Å². The number of rotatable bonds is 5. The van der Waals surface area contributed by atoms with E-state index in [1.165, 1.54) is 17.4 Å². The first kappa shape index (κ1) is 16.3. The Hall–Kier alpha value is -2.11. The highest BCUT2D eigenvalue weighted by molar-refractivity contribution is 7.08. The fourth-order valence-electron chi connectivity index (χ4n) is 1.67. The molecule has 0 aliphatic heterocycles. The average molecular weight is 336 g/mol. The molecule has 0 saturated heterocycles. The van der Waals surface area contributed by atoms with Crippen LogP contribution in [0.4, 0.5) is 5.69 Å². The summed E-state index contributed by atoms with van der Waals surface area (Å²) in [6.45, 7) is 1.49. The Labute approximate surface area is 137 Å². The van der Waals surface area contributed by atoms with Crippen molar-refractivity contribution < 1.29 is 14.3 Å². The number of carbonyl (C=O) groups excluding carboxylic acids is 2. The Morgan fingerprint density at radius 1 is 1.36 bits per heavy atom. The minimum Gasteiger partial charge on any atom is -0.452 e. The van der Waals surface area contributed by atoms with Gasteiger partial charge in [-0.25, -0.2) is 4.79 Å². The number of carbonyl (C=O) groups is 2. The van der Waals surface area contributed by atoms with Crippen molar-refractivity contribution in [2.75, 3.05) is 11.9 Å². The van der Waals surface area contributed by atoms with E-state index in [1.807, 2.05) is 23.8 Å². The minimum atomic E-state index is -0.561. The van der Waals surface area contributed by atoms with Crippen molar-refractivity contribution in [2.24, 2.45) is 0 Å². The van der Waals surface area contributed by atoms with Crippen LogP contribution in [-0.4, -0.2) is 18.5 Å². The van der Waals surface area contributed by atoms with Gasteiger partial charge in [-0.05, 0) is 59.2 Å². The topological polar surface area (TPSA) is 55.4 Å². The molecule has 114 valence electrons. The fourth-order valence-corrected chi connectivity index (χ4v) is 2.53. The molecule has 0 radical (unpaired) electrons. The van der Waals surface area contributed by atoms with E-state index in [9.17, 15) is 9.59 Å². The molecule has 1 heterocycles. The summed E-state index contributed by atoms with van der Waals surface area (Å²) in [7, 11) is 0. The highest BCUT2D eigenvalue weighted by Crippen LogP contribution is 2.19. The molecule has 0 saturated carbocycles. The second-order valence-electron chi connectivity index (χ2n) is 4.51. The summed E-state index contributed by atoms with van der Waals surface area (Å²) in [5.41, 5.74) is 2.40. The summed E-state index contributed by atoms with van der Waals surface area (Å²) < 4.78 is 4.88. The lowest BCUT2D eigenvalue weighted by Crippen LogP contribution is -2.20. The number of hydrogen-bond acceptors (Lipinski definition) is 4. The van der Waals surface area contributed by atoms with Gasteiger partial charge in [-0.3, -0.25) is 4.79 Å². The molecule has 22 heavy (non-hydrogen) atoms. The molecule has 0 aliphatic carbocycles. The van der Waals surface area contributed by atoms with Gasteiger partial charge in [0.25, 0.3) is 5.91 Å². The Morgan fingerprint density at radius 3 is 2.86 bits per heavy atom. The third-order valence-corrected chi connectivity index (χ3v) is 3.70. The number of anilines is 1. The first-order valence-electron chi connectivity index (χ1n) is 6.47. The molecule has 1 amide bonds. The molecule has 1 N–H and O–H groups in total. The highest BCUT2D eigenvalue weighted by atomic mass is 35.5. The molecule has 0 unspecified atom stereocenters. The second kappa shape index (κ2) is 7.77. The standard InChI is InChI=1S/C16H14ClNO3S/c1-11-8-13(17)3-4-14(11)18-15(19)9-21-16(20)5-2-12-6-7-22-10-12/h2-8,10H,9H2,1H3,(H,18,19)/b5-2+. The number of ether oxygens (including phenoxy) is 1. The van der Waals surface area contributed by atoms with Gasteiger partial charge in [-0.2, -0.15) is 11.3 Å². The van der Waals surface area contributed by atoms with E-state index >= 15 is 0 Å². The van der Waals surface area contributed by atoms with Crippen molar-refractivity contribution in [1.29, 1.82) is 0 Å². The van der Waals surface area contributed by atoms with Gasteiger partial charge in [0.15, 0.2) is 6.61 Å². The molecular weight excluding hydrogens is 322 g/mol. The maximum absolute atomic E-state index is 11.7. The molecule has 6 heteroatoms. The Balaban J connectivity index is 1.81. The van der Waals surface area contributed by atoms with E-state index in [-0.39, 0.29) is 6.61 Å². The Morgan fingerprint density at radius 2 is 2.18 bits per heavy atom. The summed E-state index contributed by atoms with van der Waals surface area (Å²) in [6, 6.07) is 7.00. The zero-order chi connectivity index (χ0) is 15.9. The zero-order valence-electron chi connectivity index (χ0n) is 11.8. The first-order chi connectivity index (χ1) is 10.5. The Kier molecular flexibility index (Phi) is 5.75. The number of esters is 1. The van der Waals surface area contributed by atoms with Crippen molar-refractivity contribution in [3.05, 3.63) is 57.3 Å². The predicted molar refractivity (Wildman–Crippen MR) is 89.1 cm³/mol. The number of thiophene rings is 1. The van der Waals surface area contributed by atoms with Gasteiger partial charge in [-0.15, -0.1) is 0 Å². The molecule has 2 rings (SSSR count). The van der Waals surface area contributed by atoms with Crippen molar-refractivity contribution >= 4 is 46.6 Å². The second-order valence-corrected chi connectivity index (χ2v) is 5.72. The maximum Gasteiger partial charge on any atom is 0.331 e. The summed E-state index contributed by atoms with van der Waals surface area (Å²) in [6.07, 6.45) is 2.93. The third kappa shape index (κ3) is 5.02. The number of nitrogens with one attached hydrogen (secondary N) is 1. The lowest BCUT2D eigenvalue weighted by Gasteiger charge is -2.08. The molecule has 4 nitrogen and oxygen atoms in total. The Bertz CT molecular complexity index is 695. The molecule has 2 aromatic rings. The van der Waals surface area contributed by atoms with Crippen molar-refractivity contribution in [1.82, 2.24) is 0 Å². The van der Waals surface area contributed by atoms with Crippen LogP contribution in [0.5, 0.6) is 0 Å². The third-order valence-electron chi connectivity index (χ3n) is 2.76. The van der Waals surface area contributed by atoms with E-state index in [2.05, 4.69) is 5.32 Å². The smallest absolute Gasteiger partial charge is 0.331 e. The molecule has 0 aliphatic rings. The monoisotopic (exact) mass is 335 g/mol. The summed E-state index contributed by atoms with van der Waals surface area (Å²) in [4.78, 5) is 23.2. The zero-order valence-corrected chi connectivity index (χ0v) is 13.4. The van der Waals surface area contributed by atoms with Crippen LogP contribution in [0, 0.1) is 6.92 Å². The lowest BCUT2D eigenvalue weighted by atomic mass is 10.2. The normalized spacial score (nSPS) is 10.6. The van der Waals surface area contributed by atoms with Crippen LogP contribution in [0.3, 0.4) is 0 Å². The molecule has 0 fully saturated rings. The van der Waals surface area contributed by atoms with Gasteiger partial charge in [0.1, 0.15) is 0 Å². The van der Waals surface area contributed by atoms with Crippen molar-refractivity contribution in [3.63, 3.8) is 0 Å². The van der Waals surface area contributed by atoms with Gasteiger partial charge in [0.2, 0.25) is 0 Å². The van der Waals surface area contributed by atoms with Gasteiger partial charge in [-0.1, -0.05) is 11.6 Å². The van der Waals surface area contributed by atoms with Crippen LogP contribution in [0.25, 0.3) is 6.08 Å². The quantitative estimate of drug-likeness (QED) is 0.666. The SMILES string of the molecule is Cc1cc(Cl)ccc1NC(=O)COC(=O)/C=C/c1ccsc1. The van der Waals surface area contributed by atoms with Crippen molar-refractivity contribution in [3.8, 4) is 0 Å². The van der Waals surface area contributed by atoms with E-state index in [0.29, 0.717) is 10.7 Å². The van der Waals surface area contributed by atoms with Crippen LogP contribution in [0.15, 0.2) is 41.1 Å². The average Bonchev–Trinajstić information content (AvgIpc) is 2.99. The summed E-state index contributed by atoms with van der Waals surface area (Å²) in [5.74, 6) is -0.961. The molecule has 0 atom stereocenters. The van der Waals surface area contributed by atoms with Crippen LogP contribution < -0.4 is 5.32 Å². The summed E-state index contributed by atoms with van der Waals surface area (Å²) >= 11 is 7.38. The number of halogens is 1. The minimum absolute atomic E-state index is 0.338. The molecule has 1 aromatic carbocycles. The van der Waals surface area contributed by atoms with Gasteiger partial charge in [0, 0.05) is 16.8 Å². The summed E-state index contributed by atoms with van der Waals surface area (Å²) in [5, 5.41) is 7.08. The van der Waals surface area contributed by atoms with Gasteiger partial charge < -0.3 is 10.1 Å². The van der Waals surface area contributed by atoms with Gasteiger partial charge in [0.05, 0.1) is 0 Å². The fraction of sp³-hybridized carbons (Fsp3) is 0.125. The van der Waals surface area contributed by atoms with Crippen molar-refractivity contribution in [2.45, 2.75) is 6.92 Å². The van der Waals surface area contributed by atoms with E-state index < -0.39 is 11.9 Å². The van der Waals surface area contributed by atoms with Gasteiger partial charge >= 0.3 is 5.97 Å². The molecule has 0 bridgehead atoms. The van der Waals surface area contributed by atoms with Crippen LogP contribution in [-0.2, 0) is 14.3 Å². The number of benzene rings is 1. The number of hydrogen-bond donors (Lipinski definition) is 1. The van der Waals surface area contributed by atoms with Crippen LogP contribution in [0.2, 0.25) is 5.02 Å². The highest BCUT2D eigenvalue weighted by Gasteiger charge is 2.07. The molecule has 1 aromatic heterocycles. The predicted octanol–water partition coefficient (Wildman–Crippen LogP) is 3.91. The largest absolute Gasteiger partial charge is 0.452 e. The lowest BCUT2D eigenvalue weighted by molar-refractivity contribution is -0.142. The number of aryl methyl sites for hydroxylation is 1. The molecular formula is C16H14ClNO3S. The first-order valence-corrected chi connectivity index (χ1v) is 7.80.